The highest BCUT2D eigenvalue weighted by Gasteiger charge is 2.36. The van der Waals surface area contributed by atoms with Crippen LogP contribution >= 0.6 is 0 Å². The van der Waals surface area contributed by atoms with E-state index in [1.165, 1.54) is 6.26 Å². The van der Waals surface area contributed by atoms with E-state index in [9.17, 15) is 9.90 Å². The SMILES string of the molecule is COc1cccc([C@@H]2C[C@H](O)CN2C(=O)c2ccoc2C)c1. The Hall–Kier alpha value is -2.27. The van der Waals surface area contributed by atoms with Crippen LogP contribution in [0.2, 0.25) is 0 Å². The molecule has 1 saturated heterocycles. The predicted octanol–water partition coefficient (Wildman–Crippen LogP) is 2.54. The molecule has 1 amide bonds. The second-order valence-electron chi connectivity index (χ2n) is 5.53. The number of aliphatic hydroxyl groups is 1. The number of hydrogen-bond acceptors (Lipinski definition) is 4. The van der Waals surface area contributed by atoms with Gasteiger partial charge in [-0.05, 0) is 37.1 Å². The van der Waals surface area contributed by atoms with E-state index < -0.39 is 6.10 Å². The van der Waals surface area contributed by atoms with E-state index in [1.54, 1.807) is 25.0 Å². The zero-order valence-corrected chi connectivity index (χ0v) is 12.7. The molecular weight excluding hydrogens is 282 g/mol. The zero-order valence-electron chi connectivity index (χ0n) is 12.7. The fourth-order valence-corrected chi connectivity index (χ4v) is 2.96. The summed E-state index contributed by atoms with van der Waals surface area (Å²) in [4.78, 5) is 14.4. The summed E-state index contributed by atoms with van der Waals surface area (Å²) in [7, 11) is 1.61. The Kier molecular flexibility index (Phi) is 3.90. The fraction of sp³-hybridized carbons (Fsp3) is 0.353. The van der Waals surface area contributed by atoms with Gasteiger partial charge in [-0.3, -0.25) is 4.79 Å². The first-order valence-electron chi connectivity index (χ1n) is 7.27. The molecule has 1 fully saturated rings. The van der Waals surface area contributed by atoms with Crippen molar-refractivity contribution in [2.24, 2.45) is 0 Å². The molecule has 1 aromatic heterocycles. The number of ether oxygens (including phenoxy) is 1. The fourth-order valence-electron chi connectivity index (χ4n) is 2.96. The van der Waals surface area contributed by atoms with Crippen molar-refractivity contribution >= 4 is 5.91 Å². The van der Waals surface area contributed by atoms with Gasteiger partial charge in [-0.25, -0.2) is 0 Å². The maximum atomic E-state index is 12.7. The van der Waals surface area contributed by atoms with Crippen LogP contribution < -0.4 is 4.74 Å². The summed E-state index contributed by atoms with van der Waals surface area (Å²) in [5, 5.41) is 10.0. The molecule has 22 heavy (non-hydrogen) atoms. The molecule has 0 unspecified atom stereocenters. The average molecular weight is 301 g/mol. The Morgan fingerprint density at radius 2 is 2.23 bits per heavy atom. The monoisotopic (exact) mass is 301 g/mol. The summed E-state index contributed by atoms with van der Waals surface area (Å²) in [5.41, 5.74) is 1.51. The van der Waals surface area contributed by atoms with E-state index in [0.717, 1.165) is 11.3 Å². The van der Waals surface area contributed by atoms with Gasteiger partial charge in [0.15, 0.2) is 0 Å². The molecule has 0 saturated carbocycles. The normalized spacial score (nSPS) is 21.1. The molecule has 116 valence electrons. The first-order chi connectivity index (χ1) is 10.6. The van der Waals surface area contributed by atoms with Crippen molar-refractivity contribution in [3.63, 3.8) is 0 Å². The summed E-state index contributed by atoms with van der Waals surface area (Å²) in [6.07, 6.45) is 1.51. The standard InChI is InChI=1S/C17H19NO4/c1-11-15(6-7-22-11)17(20)18-10-13(19)9-16(18)12-4-3-5-14(8-12)21-2/h3-8,13,16,19H,9-10H2,1-2H3/t13-,16-/m0/s1. The van der Waals surface area contributed by atoms with Crippen LogP contribution in [0.3, 0.4) is 0 Å². The third-order valence-electron chi connectivity index (χ3n) is 4.11. The van der Waals surface area contributed by atoms with Crippen LogP contribution in [0.25, 0.3) is 0 Å². The van der Waals surface area contributed by atoms with Gasteiger partial charge in [0, 0.05) is 6.54 Å². The molecule has 0 bridgehead atoms. The highest BCUT2D eigenvalue weighted by atomic mass is 16.5. The Balaban J connectivity index is 1.92. The molecule has 0 radical (unpaired) electrons. The molecule has 0 spiro atoms. The van der Waals surface area contributed by atoms with Gasteiger partial charge in [-0.1, -0.05) is 12.1 Å². The first-order valence-corrected chi connectivity index (χ1v) is 7.27. The van der Waals surface area contributed by atoms with Gasteiger partial charge < -0.3 is 19.2 Å². The maximum absolute atomic E-state index is 12.7. The summed E-state index contributed by atoms with van der Waals surface area (Å²) >= 11 is 0. The van der Waals surface area contributed by atoms with E-state index in [2.05, 4.69) is 0 Å². The van der Waals surface area contributed by atoms with Crippen LogP contribution in [-0.4, -0.2) is 35.7 Å². The molecule has 5 nitrogen and oxygen atoms in total. The van der Waals surface area contributed by atoms with Crippen molar-refractivity contribution < 1.29 is 19.1 Å². The number of likely N-dealkylation sites (tertiary alicyclic amines) is 1. The van der Waals surface area contributed by atoms with Crippen molar-refractivity contribution in [1.29, 1.82) is 0 Å². The minimum absolute atomic E-state index is 0.115. The number of hydrogen-bond donors (Lipinski definition) is 1. The zero-order chi connectivity index (χ0) is 15.7. The Morgan fingerprint density at radius 3 is 2.91 bits per heavy atom. The Morgan fingerprint density at radius 1 is 1.41 bits per heavy atom. The number of rotatable bonds is 3. The summed E-state index contributed by atoms with van der Waals surface area (Å²) in [5.74, 6) is 1.22. The molecule has 1 N–H and O–H groups in total. The van der Waals surface area contributed by atoms with Gasteiger partial charge in [0.2, 0.25) is 0 Å². The van der Waals surface area contributed by atoms with E-state index in [0.29, 0.717) is 24.3 Å². The number of nitrogens with zero attached hydrogens (tertiary/aromatic N) is 1. The van der Waals surface area contributed by atoms with Gasteiger partial charge in [0.1, 0.15) is 11.5 Å². The molecule has 0 aliphatic carbocycles. The summed E-state index contributed by atoms with van der Waals surface area (Å²) in [6.45, 7) is 2.09. The Bertz CT molecular complexity index is 679. The molecule has 1 aromatic carbocycles. The largest absolute Gasteiger partial charge is 0.497 e. The number of furan rings is 1. The van der Waals surface area contributed by atoms with Crippen LogP contribution in [0, 0.1) is 6.92 Å². The third kappa shape index (κ3) is 2.60. The van der Waals surface area contributed by atoms with Gasteiger partial charge in [-0.2, -0.15) is 0 Å². The molecule has 1 aliphatic heterocycles. The maximum Gasteiger partial charge on any atom is 0.257 e. The number of carbonyl (C=O) groups excluding carboxylic acids is 1. The number of amides is 1. The molecule has 2 heterocycles. The highest BCUT2D eigenvalue weighted by molar-refractivity contribution is 5.95. The molecule has 1 aliphatic rings. The van der Waals surface area contributed by atoms with Crippen LogP contribution in [-0.2, 0) is 0 Å². The minimum atomic E-state index is -0.521. The van der Waals surface area contributed by atoms with Gasteiger partial charge in [0.05, 0.1) is 31.1 Å². The second-order valence-corrected chi connectivity index (χ2v) is 5.53. The van der Waals surface area contributed by atoms with E-state index >= 15 is 0 Å². The number of aryl methyl sites for hydroxylation is 1. The summed E-state index contributed by atoms with van der Waals surface area (Å²) < 4.78 is 10.5. The lowest BCUT2D eigenvalue weighted by atomic mass is 10.0. The lowest BCUT2D eigenvalue weighted by Gasteiger charge is -2.24. The van der Waals surface area contributed by atoms with Gasteiger partial charge >= 0.3 is 0 Å². The van der Waals surface area contributed by atoms with Gasteiger partial charge in [0.25, 0.3) is 5.91 Å². The average Bonchev–Trinajstić information content (AvgIpc) is 3.12. The van der Waals surface area contributed by atoms with Crippen LogP contribution in [0.15, 0.2) is 41.0 Å². The number of methoxy groups -OCH3 is 1. The first kappa shape index (κ1) is 14.7. The van der Waals surface area contributed by atoms with E-state index in [-0.39, 0.29) is 11.9 Å². The number of β-amino-alcohol motifs (C(OH)–C–C–N with tert-alkyl or cyclic N) is 1. The third-order valence-corrected chi connectivity index (χ3v) is 4.11. The molecular formula is C17H19NO4. The van der Waals surface area contributed by atoms with Crippen LogP contribution in [0.5, 0.6) is 5.75 Å². The smallest absolute Gasteiger partial charge is 0.257 e. The Labute approximate surface area is 129 Å². The molecule has 5 heteroatoms. The van der Waals surface area contributed by atoms with Crippen molar-refractivity contribution in [3.8, 4) is 5.75 Å². The summed E-state index contributed by atoms with van der Waals surface area (Å²) in [6, 6.07) is 9.13. The van der Waals surface area contributed by atoms with Crippen molar-refractivity contribution in [2.75, 3.05) is 13.7 Å². The molecule has 2 atom stereocenters. The predicted molar refractivity (Wildman–Crippen MR) is 80.8 cm³/mol. The van der Waals surface area contributed by atoms with Crippen molar-refractivity contribution in [3.05, 3.63) is 53.5 Å². The van der Waals surface area contributed by atoms with E-state index in [4.69, 9.17) is 9.15 Å². The lowest BCUT2D eigenvalue weighted by Crippen LogP contribution is -2.31. The van der Waals surface area contributed by atoms with Crippen LogP contribution in [0.1, 0.15) is 34.1 Å². The minimum Gasteiger partial charge on any atom is -0.497 e. The van der Waals surface area contributed by atoms with Gasteiger partial charge in [-0.15, -0.1) is 0 Å². The molecule has 2 aromatic rings. The topological polar surface area (TPSA) is 62.9 Å². The number of aliphatic hydroxyl groups excluding tert-OH is 1. The van der Waals surface area contributed by atoms with Crippen molar-refractivity contribution in [1.82, 2.24) is 4.90 Å². The number of benzene rings is 1. The number of carbonyl (C=O) groups is 1. The lowest BCUT2D eigenvalue weighted by molar-refractivity contribution is 0.0714. The quantitative estimate of drug-likeness (QED) is 0.946. The van der Waals surface area contributed by atoms with Crippen molar-refractivity contribution in [2.45, 2.75) is 25.5 Å². The van der Waals surface area contributed by atoms with E-state index in [1.807, 2.05) is 24.3 Å². The highest BCUT2D eigenvalue weighted by Crippen LogP contribution is 2.35. The molecule has 3 rings (SSSR count). The second kappa shape index (κ2) is 5.85. The van der Waals surface area contributed by atoms with Crippen LogP contribution in [0.4, 0.5) is 0 Å².